The number of nitrogens with one attached hydrogen (secondary N) is 1. The number of benzene rings is 3. The van der Waals surface area contributed by atoms with Crippen molar-refractivity contribution in [2.45, 2.75) is 44.2 Å². The number of ether oxygens (including phenoxy) is 2. The van der Waals surface area contributed by atoms with Crippen LogP contribution in [0.5, 0.6) is 11.5 Å². The van der Waals surface area contributed by atoms with Crippen molar-refractivity contribution >= 4 is 27.5 Å². The van der Waals surface area contributed by atoms with Crippen LogP contribution in [0.1, 0.15) is 32.3 Å². The number of fused-ring (bicyclic) bond motifs is 1. The highest BCUT2D eigenvalue weighted by Crippen LogP contribution is 2.34. The fraction of sp³-hybridized carbons (Fsp3) is 0.333. The van der Waals surface area contributed by atoms with Gasteiger partial charge in [-0.05, 0) is 67.4 Å². The number of carbonyl (C=O) groups is 2. The first-order valence-electron chi connectivity index (χ1n) is 13.6. The Hall–Kier alpha value is -4.19. The van der Waals surface area contributed by atoms with Gasteiger partial charge in [0.05, 0.1) is 10.6 Å². The van der Waals surface area contributed by atoms with Crippen molar-refractivity contribution in [3.05, 3.63) is 83.9 Å². The molecule has 4 rings (SSSR count). The minimum Gasteiger partial charge on any atom is -0.486 e. The number of unbranched alkanes of at least 4 members (excludes halogenated alkanes) is 1. The lowest BCUT2D eigenvalue weighted by Crippen LogP contribution is -2.51. The lowest BCUT2D eigenvalue weighted by molar-refractivity contribution is -0.139. The van der Waals surface area contributed by atoms with Gasteiger partial charge in [0.1, 0.15) is 37.4 Å². The Morgan fingerprint density at radius 1 is 0.929 bits per heavy atom. The van der Waals surface area contributed by atoms with Crippen molar-refractivity contribution in [1.82, 2.24) is 10.2 Å². The lowest BCUT2D eigenvalue weighted by atomic mass is 10.1. The zero-order chi connectivity index (χ0) is 30.3. The average molecular weight is 602 g/mol. The van der Waals surface area contributed by atoms with Crippen LogP contribution in [0.25, 0.3) is 0 Å². The van der Waals surface area contributed by atoms with E-state index in [1.807, 2.05) is 6.92 Å². The first kappa shape index (κ1) is 30.8. The third-order valence-corrected chi connectivity index (χ3v) is 8.53. The summed E-state index contributed by atoms with van der Waals surface area (Å²) < 4.78 is 67.2. The Labute approximate surface area is 244 Å². The van der Waals surface area contributed by atoms with Gasteiger partial charge in [-0.15, -0.1) is 0 Å². The van der Waals surface area contributed by atoms with E-state index >= 15 is 0 Å². The first-order valence-corrected chi connectivity index (χ1v) is 15.0. The van der Waals surface area contributed by atoms with Gasteiger partial charge in [0.25, 0.3) is 10.0 Å². The van der Waals surface area contributed by atoms with Gasteiger partial charge in [-0.2, -0.15) is 0 Å². The molecular weight excluding hydrogens is 568 g/mol. The number of hydrogen-bond acceptors (Lipinski definition) is 6. The summed E-state index contributed by atoms with van der Waals surface area (Å²) in [5.74, 6) is -1.53. The molecule has 3 aromatic carbocycles. The van der Waals surface area contributed by atoms with Crippen LogP contribution < -0.4 is 19.1 Å². The average Bonchev–Trinajstić information content (AvgIpc) is 2.99. The molecule has 0 bridgehead atoms. The Morgan fingerprint density at radius 2 is 1.55 bits per heavy atom. The molecule has 1 aliphatic heterocycles. The van der Waals surface area contributed by atoms with Gasteiger partial charge in [-0.1, -0.05) is 25.5 Å². The fourth-order valence-electron chi connectivity index (χ4n) is 4.35. The second kappa shape index (κ2) is 13.6. The van der Waals surface area contributed by atoms with Crippen LogP contribution in [0.3, 0.4) is 0 Å². The number of rotatable bonds is 12. The minimum absolute atomic E-state index is 0.0430. The normalized spacial score (nSPS) is 13.2. The molecule has 224 valence electrons. The second-order valence-electron chi connectivity index (χ2n) is 9.76. The topological polar surface area (TPSA) is 105 Å². The van der Waals surface area contributed by atoms with Crippen LogP contribution >= 0.6 is 0 Å². The molecule has 0 unspecified atom stereocenters. The predicted octanol–water partition coefficient (Wildman–Crippen LogP) is 4.26. The van der Waals surface area contributed by atoms with Gasteiger partial charge in [0, 0.05) is 19.2 Å². The van der Waals surface area contributed by atoms with Gasteiger partial charge in [0.15, 0.2) is 11.5 Å². The maximum absolute atomic E-state index is 14.0. The molecular formula is C30H33F2N3O6S. The van der Waals surface area contributed by atoms with Crippen LogP contribution in [0.15, 0.2) is 71.6 Å². The fourth-order valence-corrected chi connectivity index (χ4v) is 5.78. The molecule has 0 aromatic heterocycles. The third-order valence-electron chi connectivity index (χ3n) is 6.76. The number of sulfonamides is 1. The van der Waals surface area contributed by atoms with Gasteiger partial charge in [-0.25, -0.2) is 17.2 Å². The summed E-state index contributed by atoms with van der Waals surface area (Å²) in [7, 11) is -4.39. The van der Waals surface area contributed by atoms with E-state index in [1.165, 1.54) is 59.5 Å². The number of nitrogens with zero attached hydrogens (tertiary/aromatic N) is 2. The number of anilines is 1. The highest BCUT2D eigenvalue weighted by atomic mass is 32.2. The van der Waals surface area contributed by atoms with Gasteiger partial charge >= 0.3 is 0 Å². The van der Waals surface area contributed by atoms with Crippen LogP contribution in [-0.4, -0.2) is 57.5 Å². The molecule has 2 amide bonds. The van der Waals surface area contributed by atoms with E-state index < -0.39 is 46.1 Å². The molecule has 1 N–H and O–H groups in total. The maximum Gasteiger partial charge on any atom is 0.264 e. The van der Waals surface area contributed by atoms with Crippen molar-refractivity contribution in [3.8, 4) is 11.5 Å². The van der Waals surface area contributed by atoms with Crippen LogP contribution in [0.4, 0.5) is 14.5 Å². The van der Waals surface area contributed by atoms with Crippen LogP contribution in [0.2, 0.25) is 0 Å². The zero-order valence-corrected chi connectivity index (χ0v) is 24.2. The summed E-state index contributed by atoms with van der Waals surface area (Å²) in [6, 6.07) is 13.3. The minimum atomic E-state index is -4.39. The van der Waals surface area contributed by atoms with Crippen molar-refractivity contribution in [1.29, 1.82) is 0 Å². The largest absolute Gasteiger partial charge is 0.486 e. The summed E-state index contributed by atoms with van der Waals surface area (Å²) in [5, 5.41) is 2.80. The molecule has 0 fully saturated rings. The molecule has 0 radical (unpaired) electrons. The summed E-state index contributed by atoms with van der Waals surface area (Å²) >= 11 is 0. The third kappa shape index (κ3) is 7.35. The number of amides is 2. The zero-order valence-electron chi connectivity index (χ0n) is 23.4. The first-order chi connectivity index (χ1) is 20.1. The molecule has 3 aromatic rings. The molecule has 0 spiro atoms. The van der Waals surface area contributed by atoms with Gasteiger partial charge in [-0.3, -0.25) is 13.9 Å². The van der Waals surface area contributed by atoms with Crippen molar-refractivity contribution in [3.63, 3.8) is 0 Å². The second-order valence-corrected chi connectivity index (χ2v) is 11.6. The molecule has 1 heterocycles. The van der Waals surface area contributed by atoms with Crippen molar-refractivity contribution in [2.24, 2.45) is 0 Å². The molecule has 1 aliphatic rings. The quantitative estimate of drug-likeness (QED) is 0.311. The van der Waals surface area contributed by atoms with E-state index in [0.717, 1.165) is 29.3 Å². The molecule has 1 atom stereocenters. The molecule has 0 saturated carbocycles. The van der Waals surface area contributed by atoms with E-state index in [-0.39, 0.29) is 29.5 Å². The van der Waals surface area contributed by atoms with E-state index in [0.29, 0.717) is 24.5 Å². The smallest absolute Gasteiger partial charge is 0.264 e. The van der Waals surface area contributed by atoms with Crippen molar-refractivity contribution in [2.75, 3.05) is 30.6 Å². The highest BCUT2D eigenvalue weighted by molar-refractivity contribution is 7.92. The predicted molar refractivity (Wildman–Crippen MR) is 153 cm³/mol. The molecule has 0 saturated heterocycles. The SMILES string of the molecule is CCCCNC(=O)[C@@H](C)N(Cc1ccc(F)cc1)C(=O)CN(c1ccc(F)cc1)S(=O)(=O)c1ccc2c(c1)OCCO2. The van der Waals surface area contributed by atoms with Gasteiger partial charge in [0.2, 0.25) is 11.8 Å². The Bertz CT molecular complexity index is 1500. The van der Waals surface area contributed by atoms with E-state index in [1.54, 1.807) is 6.92 Å². The van der Waals surface area contributed by atoms with Crippen molar-refractivity contribution < 1.29 is 36.3 Å². The summed E-state index contributed by atoms with van der Waals surface area (Å²) in [6.07, 6.45) is 1.60. The summed E-state index contributed by atoms with van der Waals surface area (Å²) in [5.41, 5.74) is 0.586. The molecule has 0 aliphatic carbocycles. The van der Waals surface area contributed by atoms with Gasteiger partial charge < -0.3 is 19.7 Å². The maximum atomic E-state index is 14.0. The van der Waals surface area contributed by atoms with E-state index in [4.69, 9.17) is 9.47 Å². The highest BCUT2D eigenvalue weighted by Gasteiger charge is 2.33. The molecule has 12 heteroatoms. The van der Waals surface area contributed by atoms with Crippen LogP contribution in [0, 0.1) is 11.6 Å². The number of hydrogen-bond donors (Lipinski definition) is 1. The Kier molecular flexibility index (Phi) is 10.00. The summed E-state index contributed by atoms with van der Waals surface area (Å²) in [4.78, 5) is 28.0. The number of carbonyl (C=O) groups excluding carboxylic acids is 2. The van der Waals surface area contributed by atoms with E-state index in [9.17, 15) is 26.8 Å². The Balaban J connectivity index is 1.69. The standard InChI is InChI=1S/C30H33F2N3O6S/c1-3-4-15-33-30(37)21(2)34(19-22-5-7-23(31)8-6-22)29(36)20-35(25-11-9-24(32)10-12-25)42(38,39)26-13-14-27-28(18-26)41-17-16-40-27/h5-14,18,21H,3-4,15-17,19-20H2,1-2H3,(H,33,37)/t21-/m1/s1. The Morgan fingerprint density at radius 3 is 2.19 bits per heavy atom. The number of halogens is 2. The molecule has 9 nitrogen and oxygen atoms in total. The summed E-state index contributed by atoms with van der Waals surface area (Å²) in [6.45, 7) is 3.72. The molecule has 42 heavy (non-hydrogen) atoms. The lowest BCUT2D eigenvalue weighted by Gasteiger charge is -2.32. The van der Waals surface area contributed by atoms with Crippen LogP contribution in [-0.2, 0) is 26.2 Å². The van der Waals surface area contributed by atoms with E-state index in [2.05, 4.69) is 5.32 Å². The monoisotopic (exact) mass is 601 g/mol.